The van der Waals surface area contributed by atoms with Gasteiger partial charge in [-0.25, -0.2) is 0 Å². The van der Waals surface area contributed by atoms with Crippen molar-refractivity contribution in [2.75, 3.05) is 6.61 Å². The van der Waals surface area contributed by atoms with Crippen LogP contribution in [0, 0.1) is 5.92 Å². The standard InChI is InChI=1S/C15H22N2O2/c16-14(12-6-7-12)9-15(19)17-13(10-18)8-11-4-2-1-3-5-11/h1-5,12-14,18H,6-10,16H2,(H,17,19). The second kappa shape index (κ2) is 6.68. The molecule has 2 atom stereocenters. The zero-order chi connectivity index (χ0) is 13.7. The van der Waals surface area contributed by atoms with E-state index in [1.54, 1.807) is 0 Å². The summed E-state index contributed by atoms with van der Waals surface area (Å²) in [6.07, 6.45) is 3.28. The predicted octanol–water partition coefficient (Wildman–Crippen LogP) is 0.834. The van der Waals surface area contributed by atoms with E-state index in [1.807, 2.05) is 30.3 Å². The van der Waals surface area contributed by atoms with Crippen LogP contribution in [0.5, 0.6) is 0 Å². The Hall–Kier alpha value is -1.39. The number of benzene rings is 1. The van der Waals surface area contributed by atoms with E-state index < -0.39 is 0 Å². The maximum atomic E-state index is 11.8. The van der Waals surface area contributed by atoms with Gasteiger partial charge >= 0.3 is 0 Å². The number of hydrogen-bond donors (Lipinski definition) is 3. The number of carbonyl (C=O) groups is 1. The van der Waals surface area contributed by atoms with E-state index in [9.17, 15) is 9.90 Å². The molecule has 1 aromatic carbocycles. The van der Waals surface area contributed by atoms with Gasteiger partial charge < -0.3 is 16.2 Å². The molecule has 1 amide bonds. The third-order valence-electron chi connectivity index (χ3n) is 3.56. The maximum absolute atomic E-state index is 11.8. The van der Waals surface area contributed by atoms with E-state index in [2.05, 4.69) is 5.32 Å². The Bertz CT molecular complexity index is 404. The van der Waals surface area contributed by atoms with E-state index >= 15 is 0 Å². The highest BCUT2D eigenvalue weighted by molar-refractivity contribution is 5.77. The summed E-state index contributed by atoms with van der Waals surface area (Å²) in [5.74, 6) is 0.460. The Morgan fingerprint density at radius 1 is 1.37 bits per heavy atom. The molecule has 4 N–H and O–H groups in total. The van der Waals surface area contributed by atoms with Gasteiger partial charge in [-0.2, -0.15) is 0 Å². The third-order valence-corrected chi connectivity index (χ3v) is 3.56. The van der Waals surface area contributed by atoms with Crippen LogP contribution < -0.4 is 11.1 Å². The summed E-state index contributed by atoms with van der Waals surface area (Å²) >= 11 is 0. The second-order valence-corrected chi connectivity index (χ2v) is 5.34. The van der Waals surface area contributed by atoms with Crippen LogP contribution >= 0.6 is 0 Å². The van der Waals surface area contributed by atoms with Gasteiger partial charge in [-0.05, 0) is 30.7 Å². The van der Waals surface area contributed by atoms with Crippen molar-refractivity contribution >= 4 is 5.91 Å². The minimum atomic E-state index is -0.235. The number of nitrogens with two attached hydrogens (primary N) is 1. The molecular weight excluding hydrogens is 240 g/mol. The molecule has 1 saturated carbocycles. The Morgan fingerprint density at radius 3 is 2.63 bits per heavy atom. The normalized spacial score (nSPS) is 17.8. The summed E-state index contributed by atoms with van der Waals surface area (Å²) in [5, 5.41) is 12.2. The van der Waals surface area contributed by atoms with Crippen LogP contribution in [0.15, 0.2) is 30.3 Å². The van der Waals surface area contributed by atoms with Gasteiger partial charge in [0.05, 0.1) is 12.6 Å². The largest absolute Gasteiger partial charge is 0.394 e. The van der Waals surface area contributed by atoms with Gasteiger partial charge in [-0.15, -0.1) is 0 Å². The van der Waals surface area contributed by atoms with Gasteiger partial charge in [0.25, 0.3) is 0 Å². The molecule has 0 heterocycles. The third kappa shape index (κ3) is 4.65. The van der Waals surface area contributed by atoms with Crippen molar-refractivity contribution in [2.45, 2.75) is 37.8 Å². The van der Waals surface area contributed by atoms with Crippen LogP contribution in [-0.2, 0) is 11.2 Å². The zero-order valence-corrected chi connectivity index (χ0v) is 11.1. The van der Waals surface area contributed by atoms with Crippen molar-refractivity contribution in [3.8, 4) is 0 Å². The Labute approximate surface area is 114 Å². The van der Waals surface area contributed by atoms with Crippen LogP contribution in [0.3, 0.4) is 0 Å². The van der Waals surface area contributed by atoms with Gasteiger partial charge in [-0.1, -0.05) is 30.3 Å². The highest BCUT2D eigenvalue weighted by atomic mass is 16.3. The average molecular weight is 262 g/mol. The van der Waals surface area contributed by atoms with E-state index in [-0.39, 0.29) is 24.6 Å². The first-order valence-corrected chi connectivity index (χ1v) is 6.88. The fraction of sp³-hybridized carbons (Fsp3) is 0.533. The Kier molecular flexibility index (Phi) is 4.93. The van der Waals surface area contributed by atoms with E-state index in [1.165, 1.54) is 0 Å². The van der Waals surface area contributed by atoms with Gasteiger partial charge in [0.1, 0.15) is 0 Å². The lowest BCUT2D eigenvalue weighted by Crippen LogP contribution is -2.41. The molecule has 0 radical (unpaired) electrons. The Morgan fingerprint density at radius 2 is 2.05 bits per heavy atom. The lowest BCUT2D eigenvalue weighted by atomic mass is 10.1. The fourth-order valence-corrected chi connectivity index (χ4v) is 2.25. The molecule has 2 unspecified atom stereocenters. The molecule has 0 aromatic heterocycles. The van der Waals surface area contributed by atoms with Crippen LogP contribution in [0.2, 0.25) is 0 Å². The molecule has 19 heavy (non-hydrogen) atoms. The van der Waals surface area contributed by atoms with E-state index in [0.717, 1.165) is 18.4 Å². The maximum Gasteiger partial charge on any atom is 0.221 e. The van der Waals surface area contributed by atoms with Crippen molar-refractivity contribution in [3.05, 3.63) is 35.9 Å². The SMILES string of the molecule is NC(CC(=O)NC(CO)Cc1ccccc1)C1CC1. The number of aliphatic hydroxyl groups is 1. The Balaban J connectivity index is 1.79. The number of nitrogens with one attached hydrogen (secondary N) is 1. The molecule has 1 aromatic rings. The van der Waals surface area contributed by atoms with Crippen LogP contribution in [-0.4, -0.2) is 29.7 Å². The summed E-state index contributed by atoms with van der Waals surface area (Å²) in [6, 6.07) is 9.57. The molecule has 2 rings (SSSR count). The van der Waals surface area contributed by atoms with Gasteiger partial charge in [-0.3, -0.25) is 4.79 Å². The minimum absolute atomic E-state index is 0.0314. The highest BCUT2D eigenvalue weighted by Crippen LogP contribution is 2.32. The zero-order valence-electron chi connectivity index (χ0n) is 11.1. The smallest absolute Gasteiger partial charge is 0.221 e. The first kappa shape index (κ1) is 14.0. The average Bonchev–Trinajstić information content (AvgIpc) is 3.23. The van der Waals surface area contributed by atoms with Gasteiger partial charge in [0.2, 0.25) is 5.91 Å². The molecule has 1 fully saturated rings. The lowest BCUT2D eigenvalue weighted by molar-refractivity contribution is -0.122. The molecule has 0 aliphatic heterocycles. The van der Waals surface area contributed by atoms with Gasteiger partial charge in [0, 0.05) is 12.5 Å². The predicted molar refractivity (Wildman–Crippen MR) is 74.5 cm³/mol. The monoisotopic (exact) mass is 262 g/mol. The lowest BCUT2D eigenvalue weighted by Gasteiger charge is -2.18. The number of amides is 1. The second-order valence-electron chi connectivity index (χ2n) is 5.34. The summed E-state index contributed by atoms with van der Waals surface area (Å²) in [5.41, 5.74) is 7.03. The molecule has 104 valence electrons. The summed E-state index contributed by atoms with van der Waals surface area (Å²) in [6.45, 7) is -0.0562. The van der Waals surface area contributed by atoms with Crippen LogP contribution in [0.25, 0.3) is 0 Å². The molecule has 0 bridgehead atoms. The number of hydrogen-bond acceptors (Lipinski definition) is 3. The van der Waals surface area contributed by atoms with Crippen molar-refractivity contribution < 1.29 is 9.90 Å². The van der Waals surface area contributed by atoms with Gasteiger partial charge in [0.15, 0.2) is 0 Å². The fourth-order valence-electron chi connectivity index (χ4n) is 2.25. The van der Waals surface area contributed by atoms with E-state index in [4.69, 9.17) is 5.73 Å². The molecule has 4 heteroatoms. The molecule has 0 spiro atoms. The molecule has 1 aliphatic rings. The molecule has 1 aliphatic carbocycles. The van der Waals surface area contributed by atoms with E-state index in [0.29, 0.717) is 18.8 Å². The molecular formula is C15H22N2O2. The van der Waals surface area contributed by atoms with Crippen molar-refractivity contribution in [3.63, 3.8) is 0 Å². The first-order valence-electron chi connectivity index (χ1n) is 6.88. The molecule has 4 nitrogen and oxygen atoms in total. The minimum Gasteiger partial charge on any atom is -0.394 e. The number of rotatable bonds is 7. The molecule has 0 saturated heterocycles. The van der Waals surface area contributed by atoms with Crippen molar-refractivity contribution in [2.24, 2.45) is 11.7 Å². The summed E-state index contributed by atoms with van der Waals surface area (Å²) < 4.78 is 0. The highest BCUT2D eigenvalue weighted by Gasteiger charge is 2.30. The summed E-state index contributed by atoms with van der Waals surface area (Å²) in [4.78, 5) is 11.8. The summed E-state index contributed by atoms with van der Waals surface area (Å²) in [7, 11) is 0. The van der Waals surface area contributed by atoms with Crippen molar-refractivity contribution in [1.82, 2.24) is 5.32 Å². The van der Waals surface area contributed by atoms with Crippen LogP contribution in [0.4, 0.5) is 0 Å². The quantitative estimate of drug-likeness (QED) is 0.681. The first-order chi connectivity index (χ1) is 9.19. The topological polar surface area (TPSA) is 75.4 Å². The van der Waals surface area contributed by atoms with Crippen LogP contribution in [0.1, 0.15) is 24.8 Å². The van der Waals surface area contributed by atoms with Crippen molar-refractivity contribution in [1.29, 1.82) is 0 Å². The number of carbonyl (C=O) groups excluding carboxylic acids is 1. The number of aliphatic hydroxyl groups excluding tert-OH is 1.